The van der Waals surface area contributed by atoms with Gasteiger partial charge in [-0.15, -0.1) is 0 Å². The predicted octanol–water partition coefficient (Wildman–Crippen LogP) is 2.06. The number of ether oxygens (including phenoxy) is 2. The van der Waals surface area contributed by atoms with Crippen LogP contribution in [0.2, 0.25) is 0 Å². The second-order valence-corrected chi connectivity index (χ2v) is 3.56. The molecule has 0 aromatic heterocycles. The van der Waals surface area contributed by atoms with Gasteiger partial charge in [0.15, 0.2) is 0 Å². The Morgan fingerprint density at radius 1 is 1.27 bits per heavy atom. The molecule has 0 rings (SSSR count). The third kappa shape index (κ3) is 9.25. The van der Waals surface area contributed by atoms with Gasteiger partial charge >= 0.3 is 11.9 Å². The SMILES string of the molecule is CCCCCC(=O)O[C@@H](C)COC(C)=O. The predicted molar refractivity (Wildman–Crippen MR) is 56.3 cm³/mol. The molecule has 4 heteroatoms. The summed E-state index contributed by atoms with van der Waals surface area (Å²) in [4.78, 5) is 21.7. The summed E-state index contributed by atoms with van der Waals surface area (Å²) in [5.74, 6) is -0.577. The molecule has 0 radical (unpaired) electrons. The average Bonchev–Trinajstić information content (AvgIpc) is 2.15. The van der Waals surface area contributed by atoms with E-state index in [1.807, 2.05) is 0 Å². The lowest BCUT2D eigenvalue weighted by Crippen LogP contribution is -2.21. The Morgan fingerprint density at radius 2 is 1.93 bits per heavy atom. The normalized spacial score (nSPS) is 11.9. The van der Waals surface area contributed by atoms with Crippen LogP contribution < -0.4 is 0 Å². The molecule has 0 aliphatic rings. The summed E-state index contributed by atoms with van der Waals surface area (Å²) in [6.07, 6.45) is 3.06. The van der Waals surface area contributed by atoms with Gasteiger partial charge < -0.3 is 9.47 Å². The molecule has 0 saturated carbocycles. The number of unbranched alkanes of at least 4 members (excludes halogenated alkanes) is 2. The van der Waals surface area contributed by atoms with Gasteiger partial charge in [-0.25, -0.2) is 0 Å². The highest BCUT2D eigenvalue weighted by atomic mass is 16.6. The van der Waals surface area contributed by atoms with E-state index < -0.39 is 0 Å². The summed E-state index contributed by atoms with van der Waals surface area (Å²) in [6.45, 7) is 5.25. The van der Waals surface area contributed by atoms with Crippen molar-refractivity contribution in [2.24, 2.45) is 0 Å². The minimum Gasteiger partial charge on any atom is -0.462 e. The van der Waals surface area contributed by atoms with Gasteiger partial charge in [0.1, 0.15) is 12.7 Å². The number of carbonyl (C=O) groups excluding carboxylic acids is 2. The Morgan fingerprint density at radius 3 is 2.47 bits per heavy atom. The molecule has 15 heavy (non-hydrogen) atoms. The van der Waals surface area contributed by atoms with E-state index >= 15 is 0 Å². The van der Waals surface area contributed by atoms with Crippen LogP contribution in [0.5, 0.6) is 0 Å². The summed E-state index contributed by atoms with van der Waals surface area (Å²) in [7, 11) is 0. The van der Waals surface area contributed by atoms with E-state index in [9.17, 15) is 9.59 Å². The van der Waals surface area contributed by atoms with Gasteiger partial charge in [0.2, 0.25) is 0 Å². The first-order chi connectivity index (χ1) is 7.06. The van der Waals surface area contributed by atoms with Crippen LogP contribution in [0.1, 0.15) is 46.5 Å². The van der Waals surface area contributed by atoms with Gasteiger partial charge in [0.05, 0.1) is 0 Å². The smallest absolute Gasteiger partial charge is 0.306 e. The van der Waals surface area contributed by atoms with Crippen LogP contribution in [0.25, 0.3) is 0 Å². The number of carbonyl (C=O) groups is 2. The second kappa shape index (κ2) is 8.26. The van der Waals surface area contributed by atoms with Gasteiger partial charge in [-0.3, -0.25) is 9.59 Å². The Balaban J connectivity index is 3.53. The van der Waals surface area contributed by atoms with Gasteiger partial charge in [0, 0.05) is 13.3 Å². The highest BCUT2D eigenvalue weighted by Gasteiger charge is 2.10. The molecule has 0 fully saturated rings. The van der Waals surface area contributed by atoms with Gasteiger partial charge in [0.25, 0.3) is 0 Å². The van der Waals surface area contributed by atoms with Crippen molar-refractivity contribution in [3.63, 3.8) is 0 Å². The molecular weight excluding hydrogens is 196 g/mol. The second-order valence-electron chi connectivity index (χ2n) is 3.56. The van der Waals surface area contributed by atoms with Crippen molar-refractivity contribution in [3.05, 3.63) is 0 Å². The maximum absolute atomic E-state index is 11.2. The van der Waals surface area contributed by atoms with E-state index in [0.717, 1.165) is 19.3 Å². The number of hydrogen-bond acceptors (Lipinski definition) is 4. The summed E-state index contributed by atoms with van der Waals surface area (Å²) in [6, 6.07) is 0. The largest absolute Gasteiger partial charge is 0.462 e. The maximum atomic E-state index is 11.2. The number of rotatable bonds is 7. The molecule has 0 aliphatic carbocycles. The van der Waals surface area contributed by atoms with Crippen LogP contribution in [0.3, 0.4) is 0 Å². The fourth-order valence-corrected chi connectivity index (χ4v) is 1.07. The van der Waals surface area contributed by atoms with Crippen LogP contribution in [0.4, 0.5) is 0 Å². The minimum atomic E-state index is -0.358. The van der Waals surface area contributed by atoms with E-state index in [1.165, 1.54) is 6.92 Å². The van der Waals surface area contributed by atoms with Crippen LogP contribution in [-0.4, -0.2) is 24.6 Å². The van der Waals surface area contributed by atoms with Crippen molar-refractivity contribution in [1.82, 2.24) is 0 Å². The lowest BCUT2D eigenvalue weighted by atomic mass is 10.2. The van der Waals surface area contributed by atoms with E-state index in [4.69, 9.17) is 9.47 Å². The highest BCUT2D eigenvalue weighted by molar-refractivity contribution is 5.69. The van der Waals surface area contributed by atoms with Crippen molar-refractivity contribution in [2.45, 2.75) is 52.6 Å². The van der Waals surface area contributed by atoms with Crippen molar-refractivity contribution >= 4 is 11.9 Å². The third-order valence-corrected chi connectivity index (χ3v) is 1.84. The first-order valence-corrected chi connectivity index (χ1v) is 5.39. The molecule has 0 aromatic carbocycles. The molecule has 88 valence electrons. The first kappa shape index (κ1) is 13.9. The molecule has 0 saturated heterocycles. The summed E-state index contributed by atoms with van der Waals surface area (Å²) in [5, 5.41) is 0. The summed E-state index contributed by atoms with van der Waals surface area (Å²) < 4.78 is 9.75. The molecule has 0 aliphatic heterocycles. The zero-order chi connectivity index (χ0) is 11.7. The monoisotopic (exact) mass is 216 g/mol. The molecule has 1 atom stereocenters. The van der Waals surface area contributed by atoms with Crippen molar-refractivity contribution < 1.29 is 19.1 Å². The maximum Gasteiger partial charge on any atom is 0.306 e. The Kier molecular flexibility index (Phi) is 7.68. The molecule has 4 nitrogen and oxygen atoms in total. The van der Waals surface area contributed by atoms with E-state index in [-0.39, 0.29) is 24.6 Å². The molecule has 0 unspecified atom stereocenters. The van der Waals surface area contributed by atoms with Gasteiger partial charge in [-0.2, -0.15) is 0 Å². The van der Waals surface area contributed by atoms with Crippen LogP contribution in [0.15, 0.2) is 0 Å². The Labute approximate surface area is 90.9 Å². The Bertz CT molecular complexity index is 201. The van der Waals surface area contributed by atoms with Crippen molar-refractivity contribution in [2.75, 3.05) is 6.61 Å². The quantitative estimate of drug-likeness (QED) is 0.483. The van der Waals surface area contributed by atoms with E-state index in [0.29, 0.717) is 6.42 Å². The van der Waals surface area contributed by atoms with Crippen molar-refractivity contribution in [3.8, 4) is 0 Å². The van der Waals surface area contributed by atoms with E-state index in [2.05, 4.69) is 6.92 Å². The summed E-state index contributed by atoms with van der Waals surface area (Å²) >= 11 is 0. The molecule has 0 amide bonds. The van der Waals surface area contributed by atoms with Gasteiger partial charge in [-0.05, 0) is 13.3 Å². The number of hydrogen-bond donors (Lipinski definition) is 0. The first-order valence-electron chi connectivity index (χ1n) is 5.39. The number of esters is 2. The van der Waals surface area contributed by atoms with Crippen LogP contribution >= 0.6 is 0 Å². The van der Waals surface area contributed by atoms with E-state index in [1.54, 1.807) is 6.92 Å². The van der Waals surface area contributed by atoms with Crippen molar-refractivity contribution in [1.29, 1.82) is 0 Å². The summed E-state index contributed by atoms with van der Waals surface area (Å²) in [5.41, 5.74) is 0. The standard InChI is InChI=1S/C11H20O4/c1-4-5-6-7-11(13)15-9(2)8-14-10(3)12/h9H,4-8H2,1-3H3/t9-/m0/s1. The fourth-order valence-electron chi connectivity index (χ4n) is 1.07. The molecule has 0 N–H and O–H groups in total. The Hall–Kier alpha value is -1.06. The minimum absolute atomic E-state index is 0.134. The topological polar surface area (TPSA) is 52.6 Å². The molecule has 0 aromatic rings. The van der Waals surface area contributed by atoms with Crippen LogP contribution in [0, 0.1) is 0 Å². The molecule has 0 spiro atoms. The lowest BCUT2D eigenvalue weighted by Gasteiger charge is -2.12. The molecular formula is C11H20O4. The zero-order valence-electron chi connectivity index (χ0n) is 9.75. The molecule has 0 bridgehead atoms. The van der Waals surface area contributed by atoms with Gasteiger partial charge in [-0.1, -0.05) is 19.8 Å². The van der Waals surface area contributed by atoms with Crippen LogP contribution in [-0.2, 0) is 19.1 Å². The zero-order valence-corrected chi connectivity index (χ0v) is 9.75. The lowest BCUT2D eigenvalue weighted by molar-refractivity contribution is -0.157. The third-order valence-electron chi connectivity index (χ3n) is 1.84. The molecule has 0 heterocycles. The average molecular weight is 216 g/mol. The highest BCUT2D eigenvalue weighted by Crippen LogP contribution is 2.03. The fraction of sp³-hybridized carbons (Fsp3) is 0.818.